The van der Waals surface area contributed by atoms with Crippen molar-refractivity contribution in [3.05, 3.63) is 90.1 Å². The average molecular weight is 490 g/mol. The van der Waals surface area contributed by atoms with Crippen molar-refractivity contribution in [1.29, 1.82) is 0 Å². The Bertz CT molecular complexity index is 1560. The first-order chi connectivity index (χ1) is 18.2. The monoisotopic (exact) mass is 489 g/mol. The lowest BCUT2D eigenvalue weighted by Gasteiger charge is -2.26. The van der Waals surface area contributed by atoms with Crippen LogP contribution in [-0.4, -0.2) is 51.8 Å². The molecule has 1 saturated heterocycles. The summed E-state index contributed by atoms with van der Waals surface area (Å²) in [7, 11) is 0. The molecule has 1 amide bonds. The Morgan fingerprint density at radius 2 is 1.70 bits per heavy atom. The molecule has 1 aliphatic rings. The van der Waals surface area contributed by atoms with Crippen LogP contribution >= 0.6 is 0 Å². The van der Waals surface area contributed by atoms with E-state index in [0.29, 0.717) is 17.8 Å². The molecule has 5 aromatic rings. The fraction of sp³-hybridized carbons (Fsp3) is 0.258. The molecular formula is C31H31N5O. The van der Waals surface area contributed by atoms with Gasteiger partial charge in [0.1, 0.15) is 0 Å². The van der Waals surface area contributed by atoms with E-state index in [1.165, 1.54) is 30.2 Å². The quantitative estimate of drug-likeness (QED) is 0.329. The highest BCUT2D eigenvalue weighted by Gasteiger charge is 2.19. The van der Waals surface area contributed by atoms with Crippen molar-refractivity contribution in [1.82, 2.24) is 25.0 Å². The molecule has 1 aliphatic heterocycles. The predicted molar refractivity (Wildman–Crippen MR) is 149 cm³/mol. The summed E-state index contributed by atoms with van der Waals surface area (Å²) in [6.07, 6.45) is 5.55. The predicted octanol–water partition coefficient (Wildman–Crippen LogP) is 5.76. The van der Waals surface area contributed by atoms with Crippen LogP contribution in [0.5, 0.6) is 0 Å². The highest BCUT2D eigenvalue weighted by Crippen LogP contribution is 2.29. The third-order valence-electron chi connectivity index (χ3n) is 7.27. The van der Waals surface area contributed by atoms with Crippen molar-refractivity contribution in [2.24, 2.45) is 0 Å². The van der Waals surface area contributed by atoms with Crippen LogP contribution < -0.4 is 5.32 Å². The Hall–Kier alpha value is -4.03. The zero-order valence-electron chi connectivity index (χ0n) is 21.2. The minimum absolute atomic E-state index is 0.0881. The lowest BCUT2D eigenvalue weighted by molar-refractivity contribution is 0.0948. The first kappa shape index (κ1) is 23.4. The van der Waals surface area contributed by atoms with Gasteiger partial charge in [-0.05, 0) is 67.9 Å². The number of nitrogens with one attached hydrogen (secondary N) is 1. The van der Waals surface area contributed by atoms with Gasteiger partial charge in [0.2, 0.25) is 0 Å². The van der Waals surface area contributed by atoms with Gasteiger partial charge in [0, 0.05) is 18.7 Å². The van der Waals surface area contributed by atoms with E-state index in [1.54, 1.807) is 6.20 Å². The second-order valence-corrected chi connectivity index (χ2v) is 9.90. The first-order valence-corrected chi connectivity index (χ1v) is 13.1. The summed E-state index contributed by atoms with van der Waals surface area (Å²) >= 11 is 0. The molecular weight excluding hydrogens is 458 g/mol. The summed E-state index contributed by atoms with van der Waals surface area (Å²) in [6.45, 7) is 5.79. The number of benzene rings is 3. The molecule has 0 aliphatic carbocycles. The molecule has 6 nitrogen and oxygen atoms in total. The summed E-state index contributed by atoms with van der Waals surface area (Å²) in [5, 5.41) is 10.9. The molecule has 2 aromatic heterocycles. The van der Waals surface area contributed by atoms with Crippen LogP contribution in [0.1, 0.15) is 35.2 Å². The maximum absolute atomic E-state index is 13.5. The van der Waals surface area contributed by atoms with Gasteiger partial charge in [0.25, 0.3) is 5.91 Å². The van der Waals surface area contributed by atoms with Gasteiger partial charge < -0.3 is 10.2 Å². The molecule has 6 heteroatoms. The number of carbonyl (C=O) groups excluding carboxylic acids is 1. The van der Waals surface area contributed by atoms with Crippen molar-refractivity contribution in [3.8, 4) is 16.9 Å². The van der Waals surface area contributed by atoms with Crippen LogP contribution in [0.4, 0.5) is 0 Å². The molecule has 37 heavy (non-hydrogen) atoms. The van der Waals surface area contributed by atoms with Crippen LogP contribution in [-0.2, 0) is 0 Å². The third-order valence-corrected chi connectivity index (χ3v) is 7.27. The molecule has 1 N–H and O–H groups in total. The lowest BCUT2D eigenvalue weighted by Crippen LogP contribution is -2.37. The number of nitrogens with zero attached hydrogens (tertiary/aromatic N) is 4. The topological polar surface area (TPSA) is 63.1 Å². The Balaban J connectivity index is 1.39. The number of amides is 1. The number of hydrogen-bond acceptors (Lipinski definition) is 4. The minimum Gasteiger partial charge on any atom is -0.351 e. The molecule has 186 valence electrons. The van der Waals surface area contributed by atoms with Gasteiger partial charge in [-0.3, -0.25) is 4.79 Å². The number of fused-ring (bicyclic) bond motifs is 2. The molecule has 0 radical (unpaired) electrons. The Labute approximate surface area is 216 Å². The fourth-order valence-electron chi connectivity index (χ4n) is 5.17. The highest BCUT2D eigenvalue weighted by molar-refractivity contribution is 6.07. The summed E-state index contributed by atoms with van der Waals surface area (Å²) < 4.78 is 1.82. The number of rotatable bonds is 6. The van der Waals surface area contributed by atoms with E-state index < -0.39 is 0 Å². The summed E-state index contributed by atoms with van der Waals surface area (Å²) in [5.74, 6) is -0.0881. The van der Waals surface area contributed by atoms with Gasteiger partial charge in [0.05, 0.1) is 28.5 Å². The van der Waals surface area contributed by atoms with Crippen molar-refractivity contribution in [3.63, 3.8) is 0 Å². The van der Waals surface area contributed by atoms with Gasteiger partial charge in [0.15, 0.2) is 5.65 Å². The third kappa shape index (κ3) is 4.85. The SMILES string of the molecule is Cc1ccc(-n2ncc3c(C(=O)NCCN4CCCCC4)cc(-c4ccc5ccccc5c4)nc32)cc1. The van der Waals surface area contributed by atoms with Crippen molar-refractivity contribution >= 4 is 27.7 Å². The van der Waals surface area contributed by atoms with Crippen LogP contribution in [0.15, 0.2) is 79.0 Å². The van der Waals surface area contributed by atoms with Crippen LogP contribution in [0, 0.1) is 6.92 Å². The summed E-state index contributed by atoms with van der Waals surface area (Å²) in [5.41, 5.74) is 5.10. The van der Waals surface area contributed by atoms with E-state index in [1.807, 2.05) is 35.0 Å². The van der Waals surface area contributed by atoms with Crippen molar-refractivity contribution in [2.75, 3.05) is 26.2 Å². The van der Waals surface area contributed by atoms with Crippen LogP contribution in [0.3, 0.4) is 0 Å². The normalized spacial score (nSPS) is 14.3. The van der Waals surface area contributed by atoms with Crippen molar-refractivity contribution in [2.45, 2.75) is 26.2 Å². The van der Waals surface area contributed by atoms with E-state index in [4.69, 9.17) is 4.98 Å². The fourth-order valence-corrected chi connectivity index (χ4v) is 5.17. The maximum atomic E-state index is 13.5. The number of carbonyl (C=O) groups is 1. The van der Waals surface area contributed by atoms with Gasteiger partial charge in [-0.2, -0.15) is 5.10 Å². The standard InChI is InChI=1S/C31H31N5O/c1-22-9-13-26(14-10-22)36-30-28(21-33-36)27(31(37)32-15-18-35-16-5-2-6-17-35)20-29(34-30)25-12-11-23-7-3-4-8-24(23)19-25/h3-4,7-14,19-21H,2,5-6,15-18H2,1H3,(H,32,37). The van der Waals surface area contributed by atoms with Gasteiger partial charge in [-0.15, -0.1) is 0 Å². The van der Waals surface area contributed by atoms with Crippen LogP contribution in [0.2, 0.25) is 0 Å². The van der Waals surface area contributed by atoms with E-state index in [0.717, 1.165) is 47.4 Å². The number of likely N-dealkylation sites (tertiary alicyclic amines) is 1. The van der Waals surface area contributed by atoms with E-state index >= 15 is 0 Å². The summed E-state index contributed by atoms with van der Waals surface area (Å²) in [4.78, 5) is 20.9. The molecule has 0 atom stereocenters. The first-order valence-electron chi connectivity index (χ1n) is 13.1. The zero-order chi connectivity index (χ0) is 25.2. The molecule has 0 unspecified atom stereocenters. The van der Waals surface area contributed by atoms with Gasteiger partial charge in [-0.25, -0.2) is 9.67 Å². The van der Waals surface area contributed by atoms with Crippen molar-refractivity contribution < 1.29 is 4.79 Å². The smallest absolute Gasteiger partial charge is 0.252 e. The molecule has 0 saturated carbocycles. The second-order valence-electron chi connectivity index (χ2n) is 9.90. The van der Waals surface area contributed by atoms with E-state index in [-0.39, 0.29) is 5.91 Å². The molecule has 6 rings (SSSR count). The second kappa shape index (κ2) is 10.1. The number of piperidine rings is 1. The largest absolute Gasteiger partial charge is 0.351 e. The molecule has 0 bridgehead atoms. The van der Waals surface area contributed by atoms with Gasteiger partial charge >= 0.3 is 0 Å². The van der Waals surface area contributed by atoms with Gasteiger partial charge in [-0.1, -0.05) is 60.5 Å². The highest BCUT2D eigenvalue weighted by atomic mass is 16.1. The van der Waals surface area contributed by atoms with Crippen LogP contribution in [0.25, 0.3) is 38.8 Å². The lowest BCUT2D eigenvalue weighted by atomic mass is 10.0. The number of pyridine rings is 1. The Morgan fingerprint density at radius 1 is 0.919 bits per heavy atom. The number of aromatic nitrogens is 3. The zero-order valence-corrected chi connectivity index (χ0v) is 21.2. The Morgan fingerprint density at radius 3 is 2.51 bits per heavy atom. The number of hydrogen-bond donors (Lipinski definition) is 1. The average Bonchev–Trinajstić information content (AvgIpc) is 3.37. The van der Waals surface area contributed by atoms with E-state index in [9.17, 15) is 4.79 Å². The molecule has 3 aromatic carbocycles. The van der Waals surface area contributed by atoms with E-state index in [2.05, 4.69) is 64.7 Å². The molecule has 0 spiro atoms. The Kier molecular flexibility index (Phi) is 6.41. The molecule has 1 fully saturated rings. The minimum atomic E-state index is -0.0881. The summed E-state index contributed by atoms with van der Waals surface area (Å²) in [6, 6.07) is 24.7. The molecule has 3 heterocycles. The maximum Gasteiger partial charge on any atom is 0.252 e. The number of aryl methyl sites for hydroxylation is 1.